The van der Waals surface area contributed by atoms with E-state index < -0.39 is 5.97 Å². The highest BCUT2D eigenvalue weighted by molar-refractivity contribution is 5.66. The highest BCUT2D eigenvalue weighted by Gasteiger charge is 2.05. The molecule has 0 amide bonds. The van der Waals surface area contributed by atoms with Crippen LogP contribution < -0.4 is 0 Å². The Morgan fingerprint density at radius 2 is 1.18 bits per heavy atom. The van der Waals surface area contributed by atoms with Gasteiger partial charge in [0.1, 0.15) is 0 Å². The molecule has 0 aliphatic rings. The summed E-state index contributed by atoms with van der Waals surface area (Å²) in [7, 11) is 0. The van der Waals surface area contributed by atoms with Crippen LogP contribution in [-0.4, -0.2) is 11.1 Å². The topological polar surface area (TPSA) is 37.3 Å². The van der Waals surface area contributed by atoms with Gasteiger partial charge in [-0.05, 0) is 18.3 Å². The molecule has 0 saturated carbocycles. The van der Waals surface area contributed by atoms with Gasteiger partial charge in [0.15, 0.2) is 0 Å². The van der Waals surface area contributed by atoms with Crippen molar-refractivity contribution < 1.29 is 9.90 Å². The molecule has 0 fully saturated rings. The first-order valence-corrected chi connectivity index (χ1v) is 9.78. The van der Waals surface area contributed by atoms with Crippen molar-refractivity contribution in [3.8, 4) is 0 Å². The van der Waals surface area contributed by atoms with Crippen molar-refractivity contribution in [2.75, 3.05) is 0 Å². The smallest absolute Gasteiger partial charge is 0.303 e. The van der Waals surface area contributed by atoms with E-state index in [0.717, 1.165) is 24.7 Å². The van der Waals surface area contributed by atoms with Gasteiger partial charge >= 0.3 is 5.97 Å². The molecule has 0 aromatic heterocycles. The molecule has 0 aliphatic heterocycles. The Morgan fingerprint density at radius 1 is 0.727 bits per heavy atom. The maximum absolute atomic E-state index is 10.4. The molecular formula is C20H40O2. The van der Waals surface area contributed by atoms with Crippen LogP contribution >= 0.6 is 0 Å². The number of aliphatic carboxylic acids is 1. The molecule has 0 bridgehead atoms. The molecule has 0 radical (unpaired) electrons. The van der Waals surface area contributed by atoms with Gasteiger partial charge in [0.25, 0.3) is 0 Å². The largest absolute Gasteiger partial charge is 0.481 e. The first kappa shape index (κ1) is 21.5. The van der Waals surface area contributed by atoms with Crippen LogP contribution in [0.4, 0.5) is 0 Å². The van der Waals surface area contributed by atoms with Gasteiger partial charge in [-0.25, -0.2) is 0 Å². The van der Waals surface area contributed by atoms with Crippen LogP contribution in [-0.2, 0) is 4.79 Å². The minimum Gasteiger partial charge on any atom is -0.481 e. The van der Waals surface area contributed by atoms with Crippen LogP contribution in [0.3, 0.4) is 0 Å². The molecular weight excluding hydrogens is 272 g/mol. The van der Waals surface area contributed by atoms with Gasteiger partial charge in [-0.2, -0.15) is 0 Å². The first-order chi connectivity index (χ1) is 10.6. The predicted octanol–water partition coefficient (Wildman–Crippen LogP) is 6.82. The standard InChI is InChI=1S/C20H40O2/c1-4-5-13-18(2)15-12-16-19(3)14-10-8-6-7-9-11-17-20(21)22/h18-19H,4-17H2,1-3H3,(H,21,22). The minimum absolute atomic E-state index is 0.341. The third-order valence-corrected chi connectivity index (χ3v) is 4.78. The molecule has 0 rings (SSSR count). The fourth-order valence-electron chi connectivity index (χ4n) is 3.13. The molecule has 132 valence electrons. The number of unbranched alkanes of at least 4 members (excludes halogenated alkanes) is 6. The van der Waals surface area contributed by atoms with E-state index in [9.17, 15) is 4.79 Å². The van der Waals surface area contributed by atoms with E-state index in [-0.39, 0.29) is 0 Å². The van der Waals surface area contributed by atoms with Crippen molar-refractivity contribution in [3.63, 3.8) is 0 Å². The van der Waals surface area contributed by atoms with Crippen LogP contribution in [0.5, 0.6) is 0 Å². The normalized spacial score (nSPS) is 14.0. The SMILES string of the molecule is CCCCC(C)CCCC(C)CCCCCCCCC(=O)O. The number of carbonyl (C=O) groups is 1. The lowest BCUT2D eigenvalue weighted by atomic mass is 9.92. The first-order valence-electron chi connectivity index (χ1n) is 9.78. The summed E-state index contributed by atoms with van der Waals surface area (Å²) >= 11 is 0. The van der Waals surface area contributed by atoms with E-state index in [1.807, 2.05) is 0 Å². The van der Waals surface area contributed by atoms with Crippen molar-refractivity contribution in [2.45, 2.75) is 111 Å². The fraction of sp³-hybridized carbons (Fsp3) is 0.950. The van der Waals surface area contributed by atoms with E-state index in [4.69, 9.17) is 5.11 Å². The summed E-state index contributed by atoms with van der Waals surface area (Å²) < 4.78 is 0. The third kappa shape index (κ3) is 15.9. The van der Waals surface area contributed by atoms with Crippen molar-refractivity contribution in [1.82, 2.24) is 0 Å². The Kier molecular flexibility index (Phi) is 15.0. The lowest BCUT2D eigenvalue weighted by Gasteiger charge is -2.14. The lowest BCUT2D eigenvalue weighted by Crippen LogP contribution is -1.99. The average Bonchev–Trinajstić information content (AvgIpc) is 2.47. The Labute approximate surface area is 139 Å². The molecule has 0 aromatic carbocycles. The third-order valence-electron chi connectivity index (χ3n) is 4.78. The summed E-state index contributed by atoms with van der Waals surface area (Å²) in [6, 6.07) is 0. The summed E-state index contributed by atoms with van der Waals surface area (Å²) in [5, 5.41) is 8.56. The Hall–Kier alpha value is -0.530. The molecule has 0 spiro atoms. The summed E-state index contributed by atoms with van der Waals surface area (Å²) in [4.78, 5) is 10.4. The Morgan fingerprint density at radius 3 is 1.73 bits per heavy atom. The van der Waals surface area contributed by atoms with Crippen LogP contribution in [0.15, 0.2) is 0 Å². The van der Waals surface area contributed by atoms with Gasteiger partial charge in [0, 0.05) is 6.42 Å². The summed E-state index contributed by atoms with van der Waals surface area (Å²) in [5.74, 6) is 1.14. The van der Waals surface area contributed by atoms with Gasteiger partial charge < -0.3 is 5.11 Å². The van der Waals surface area contributed by atoms with Gasteiger partial charge in [-0.1, -0.05) is 97.8 Å². The molecule has 2 atom stereocenters. The average molecular weight is 313 g/mol. The van der Waals surface area contributed by atoms with Gasteiger partial charge in [0.05, 0.1) is 0 Å². The predicted molar refractivity (Wildman–Crippen MR) is 96.3 cm³/mol. The molecule has 2 unspecified atom stereocenters. The second-order valence-corrected chi connectivity index (χ2v) is 7.34. The molecule has 0 aliphatic carbocycles. The van der Waals surface area contributed by atoms with Crippen LogP contribution in [0.2, 0.25) is 0 Å². The monoisotopic (exact) mass is 312 g/mol. The van der Waals surface area contributed by atoms with Gasteiger partial charge in [0.2, 0.25) is 0 Å². The molecule has 22 heavy (non-hydrogen) atoms. The Balaban J connectivity index is 3.28. The van der Waals surface area contributed by atoms with E-state index in [0.29, 0.717) is 6.42 Å². The maximum Gasteiger partial charge on any atom is 0.303 e. The van der Waals surface area contributed by atoms with E-state index in [1.165, 1.54) is 70.6 Å². The van der Waals surface area contributed by atoms with Crippen molar-refractivity contribution in [3.05, 3.63) is 0 Å². The zero-order chi connectivity index (χ0) is 16.6. The summed E-state index contributed by atoms with van der Waals surface area (Å²) in [6.45, 7) is 7.09. The highest BCUT2D eigenvalue weighted by Crippen LogP contribution is 2.21. The van der Waals surface area contributed by atoms with Gasteiger partial charge in [-0.15, -0.1) is 0 Å². The quantitative estimate of drug-likeness (QED) is 0.317. The number of carboxylic acid groups (broad SMARTS) is 1. The lowest BCUT2D eigenvalue weighted by molar-refractivity contribution is -0.137. The zero-order valence-electron chi connectivity index (χ0n) is 15.4. The fourth-order valence-corrected chi connectivity index (χ4v) is 3.13. The highest BCUT2D eigenvalue weighted by atomic mass is 16.4. The van der Waals surface area contributed by atoms with Crippen molar-refractivity contribution in [2.24, 2.45) is 11.8 Å². The molecule has 0 aromatic rings. The zero-order valence-corrected chi connectivity index (χ0v) is 15.4. The van der Waals surface area contributed by atoms with E-state index in [2.05, 4.69) is 20.8 Å². The summed E-state index contributed by atoms with van der Waals surface area (Å²) in [5.41, 5.74) is 0. The number of hydrogen-bond acceptors (Lipinski definition) is 1. The molecule has 0 saturated heterocycles. The molecule has 0 heterocycles. The molecule has 2 heteroatoms. The number of rotatable bonds is 16. The van der Waals surface area contributed by atoms with Crippen molar-refractivity contribution >= 4 is 5.97 Å². The number of hydrogen-bond donors (Lipinski definition) is 1. The van der Waals surface area contributed by atoms with Crippen LogP contribution in [0, 0.1) is 11.8 Å². The maximum atomic E-state index is 10.4. The second-order valence-electron chi connectivity index (χ2n) is 7.34. The van der Waals surface area contributed by atoms with Gasteiger partial charge in [-0.3, -0.25) is 4.79 Å². The van der Waals surface area contributed by atoms with E-state index in [1.54, 1.807) is 0 Å². The van der Waals surface area contributed by atoms with Crippen LogP contribution in [0.25, 0.3) is 0 Å². The van der Waals surface area contributed by atoms with Crippen molar-refractivity contribution in [1.29, 1.82) is 0 Å². The number of carboxylic acids is 1. The Bertz CT molecular complexity index is 250. The summed E-state index contributed by atoms with van der Waals surface area (Å²) in [6.07, 6.45) is 17.1. The molecule has 1 N–H and O–H groups in total. The van der Waals surface area contributed by atoms with E-state index >= 15 is 0 Å². The molecule has 2 nitrogen and oxygen atoms in total. The van der Waals surface area contributed by atoms with Crippen LogP contribution in [0.1, 0.15) is 111 Å². The minimum atomic E-state index is -0.655. The second kappa shape index (κ2) is 15.4.